The minimum Gasteiger partial charge on any atom is -0.497 e. The Labute approximate surface area is 151 Å². The highest BCUT2D eigenvalue weighted by atomic mass is 32.2. The van der Waals surface area contributed by atoms with Gasteiger partial charge in [-0.1, -0.05) is 17.8 Å². The zero-order chi connectivity index (χ0) is 17.6. The van der Waals surface area contributed by atoms with Gasteiger partial charge in [0, 0.05) is 17.0 Å². The number of methoxy groups -OCH3 is 2. The van der Waals surface area contributed by atoms with Crippen molar-refractivity contribution < 1.29 is 9.47 Å². The van der Waals surface area contributed by atoms with Crippen LogP contribution in [0.2, 0.25) is 0 Å². The van der Waals surface area contributed by atoms with E-state index in [1.807, 2.05) is 59.2 Å². The molecule has 0 saturated heterocycles. The fraction of sp³-hybridized carbons (Fsp3) is 0.158. The molecule has 25 heavy (non-hydrogen) atoms. The van der Waals surface area contributed by atoms with Gasteiger partial charge in [-0.05, 0) is 48.5 Å². The molecule has 0 atom stereocenters. The molecule has 1 heterocycles. The summed E-state index contributed by atoms with van der Waals surface area (Å²) in [5.41, 5.74) is 1.94. The molecule has 0 bridgehead atoms. The highest BCUT2D eigenvalue weighted by molar-refractivity contribution is 7.99. The predicted octanol–water partition coefficient (Wildman–Crippen LogP) is 4.23. The lowest BCUT2D eigenvalue weighted by molar-refractivity contribution is 0.414. The van der Waals surface area contributed by atoms with E-state index in [4.69, 9.17) is 9.47 Å². The molecule has 128 valence electrons. The molecule has 0 fully saturated rings. The van der Waals surface area contributed by atoms with E-state index in [2.05, 4.69) is 16.8 Å². The third-order valence-corrected chi connectivity index (χ3v) is 4.57. The van der Waals surface area contributed by atoms with Crippen LogP contribution in [0.5, 0.6) is 11.5 Å². The molecule has 0 aliphatic carbocycles. The summed E-state index contributed by atoms with van der Waals surface area (Å²) >= 11 is 1.59. The van der Waals surface area contributed by atoms with Crippen molar-refractivity contribution in [3.8, 4) is 28.6 Å². The Bertz CT molecular complexity index is 842. The molecule has 3 aromatic rings. The van der Waals surface area contributed by atoms with Gasteiger partial charge in [-0.15, -0.1) is 16.8 Å². The smallest absolute Gasteiger partial charge is 0.196 e. The molecular formula is C19H19N3O2S. The minimum atomic E-state index is 0.761. The number of aromatic nitrogens is 3. The minimum absolute atomic E-state index is 0.761. The largest absolute Gasteiger partial charge is 0.497 e. The summed E-state index contributed by atoms with van der Waals surface area (Å²) in [5.74, 6) is 3.15. The molecule has 0 saturated carbocycles. The lowest BCUT2D eigenvalue weighted by Crippen LogP contribution is -2.00. The summed E-state index contributed by atoms with van der Waals surface area (Å²) < 4.78 is 12.5. The van der Waals surface area contributed by atoms with E-state index in [1.165, 1.54) is 0 Å². The van der Waals surface area contributed by atoms with Crippen LogP contribution in [-0.2, 0) is 0 Å². The summed E-state index contributed by atoms with van der Waals surface area (Å²) in [7, 11) is 3.31. The lowest BCUT2D eigenvalue weighted by Gasteiger charge is -2.11. The first-order valence-corrected chi connectivity index (χ1v) is 8.73. The monoisotopic (exact) mass is 353 g/mol. The molecular weight excluding hydrogens is 334 g/mol. The number of thioether (sulfide) groups is 1. The van der Waals surface area contributed by atoms with Gasteiger partial charge in [0.1, 0.15) is 11.5 Å². The van der Waals surface area contributed by atoms with Crippen molar-refractivity contribution in [1.29, 1.82) is 0 Å². The van der Waals surface area contributed by atoms with Gasteiger partial charge in [-0.2, -0.15) is 0 Å². The van der Waals surface area contributed by atoms with Gasteiger partial charge in [-0.25, -0.2) is 0 Å². The number of nitrogens with zero attached hydrogens (tertiary/aromatic N) is 3. The molecule has 3 rings (SSSR count). The molecule has 1 aromatic heterocycles. The van der Waals surface area contributed by atoms with E-state index in [9.17, 15) is 0 Å². The average Bonchev–Trinajstić information content (AvgIpc) is 3.10. The number of hydrogen-bond donors (Lipinski definition) is 0. The van der Waals surface area contributed by atoms with Gasteiger partial charge < -0.3 is 9.47 Å². The van der Waals surface area contributed by atoms with Crippen LogP contribution in [0, 0.1) is 0 Å². The quantitative estimate of drug-likeness (QED) is 0.470. The van der Waals surface area contributed by atoms with Crippen LogP contribution in [0.1, 0.15) is 0 Å². The number of hydrogen-bond acceptors (Lipinski definition) is 5. The molecule has 0 aliphatic heterocycles. The van der Waals surface area contributed by atoms with Crippen molar-refractivity contribution >= 4 is 11.8 Å². The van der Waals surface area contributed by atoms with Crippen molar-refractivity contribution in [1.82, 2.24) is 14.8 Å². The fourth-order valence-electron chi connectivity index (χ4n) is 2.39. The van der Waals surface area contributed by atoms with E-state index in [1.54, 1.807) is 26.0 Å². The Morgan fingerprint density at radius 2 is 1.56 bits per heavy atom. The Kier molecular flexibility index (Phi) is 5.40. The van der Waals surface area contributed by atoms with Crippen LogP contribution >= 0.6 is 11.8 Å². The van der Waals surface area contributed by atoms with Crippen LogP contribution in [0.15, 0.2) is 66.3 Å². The second-order valence-corrected chi connectivity index (χ2v) is 6.15. The zero-order valence-corrected chi connectivity index (χ0v) is 15.0. The Morgan fingerprint density at radius 3 is 2.12 bits per heavy atom. The maximum atomic E-state index is 5.25. The van der Waals surface area contributed by atoms with Crippen LogP contribution in [0.25, 0.3) is 17.1 Å². The van der Waals surface area contributed by atoms with Crippen molar-refractivity contribution in [3.05, 3.63) is 61.2 Å². The molecule has 0 radical (unpaired) electrons. The molecule has 0 aliphatic rings. The molecule has 6 heteroatoms. The van der Waals surface area contributed by atoms with Gasteiger partial charge >= 0.3 is 0 Å². The van der Waals surface area contributed by atoms with Gasteiger partial charge in [0.15, 0.2) is 11.0 Å². The summed E-state index contributed by atoms with van der Waals surface area (Å²) in [5, 5.41) is 9.57. The van der Waals surface area contributed by atoms with Crippen molar-refractivity contribution in [2.75, 3.05) is 20.0 Å². The highest BCUT2D eigenvalue weighted by Gasteiger charge is 2.16. The van der Waals surface area contributed by atoms with Crippen LogP contribution in [0.4, 0.5) is 0 Å². The van der Waals surface area contributed by atoms with Gasteiger partial charge in [0.25, 0.3) is 0 Å². The first-order chi connectivity index (χ1) is 12.3. The fourth-order valence-corrected chi connectivity index (χ4v) is 3.07. The second-order valence-electron chi connectivity index (χ2n) is 5.17. The highest BCUT2D eigenvalue weighted by Crippen LogP contribution is 2.29. The summed E-state index contributed by atoms with van der Waals surface area (Å²) in [4.78, 5) is 0. The van der Waals surface area contributed by atoms with Gasteiger partial charge in [-0.3, -0.25) is 4.57 Å². The summed E-state index contributed by atoms with van der Waals surface area (Å²) in [6.07, 6.45) is 1.85. The molecule has 2 aromatic carbocycles. The third kappa shape index (κ3) is 3.69. The van der Waals surface area contributed by atoms with Gasteiger partial charge in [0.2, 0.25) is 0 Å². The summed E-state index contributed by atoms with van der Waals surface area (Å²) in [6.45, 7) is 3.78. The number of ether oxygens (including phenoxy) is 2. The number of rotatable bonds is 7. The standard InChI is InChI=1S/C19H19N3O2S/c1-4-13-25-19-21-20-18(14-5-9-16(23-2)10-6-14)22(19)15-7-11-17(24-3)12-8-15/h4-12H,1,13H2,2-3H3. The van der Waals surface area contributed by atoms with Crippen molar-refractivity contribution in [2.45, 2.75) is 5.16 Å². The van der Waals surface area contributed by atoms with Crippen LogP contribution in [0.3, 0.4) is 0 Å². The molecule has 0 unspecified atom stereocenters. The molecule has 0 spiro atoms. The maximum absolute atomic E-state index is 5.25. The zero-order valence-electron chi connectivity index (χ0n) is 14.2. The van der Waals surface area contributed by atoms with Crippen LogP contribution in [-0.4, -0.2) is 34.7 Å². The summed E-state index contributed by atoms with van der Waals surface area (Å²) in [6, 6.07) is 15.6. The average molecular weight is 353 g/mol. The topological polar surface area (TPSA) is 49.2 Å². The normalized spacial score (nSPS) is 10.5. The molecule has 0 N–H and O–H groups in total. The Morgan fingerprint density at radius 1 is 0.960 bits per heavy atom. The SMILES string of the molecule is C=CCSc1nnc(-c2ccc(OC)cc2)n1-c1ccc(OC)cc1. The van der Waals surface area contributed by atoms with E-state index in [-0.39, 0.29) is 0 Å². The van der Waals surface area contributed by atoms with E-state index in [0.717, 1.165) is 39.5 Å². The Hall–Kier alpha value is -2.73. The number of benzene rings is 2. The molecule has 5 nitrogen and oxygen atoms in total. The van der Waals surface area contributed by atoms with E-state index < -0.39 is 0 Å². The first-order valence-electron chi connectivity index (χ1n) is 7.74. The lowest BCUT2D eigenvalue weighted by atomic mass is 10.2. The third-order valence-electron chi connectivity index (χ3n) is 3.64. The maximum Gasteiger partial charge on any atom is 0.196 e. The van der Waals surface area contributed by atoms with Crippen molar-refractivity contribution in [2.24, 2.45) is 0 Å². The van der Waals surface area contributed by atoms with E-state index >= 15 is 0 Å². The van der Waals surface area contributed by atoms with E-state index in [0.29, 0.717) is 0 Å². The Balaban J connectivity index is 2.07. The first kappa shape index (κ1) is 17.1. The second kappa shape index (κ2) is 7.90. The molecule has 0 amide bonds. The van der Waals surface area contributed by atoms with Crippen molar-refractivity contribution in [3.63, 3.8) is 0 Å². The predicted molar refractivity (Wildman–Crippen MR) is 101 cm³/mol. The van der Waals surface area contributed by atoms with Crippen LogP contribution < -0.4 is 9.47 Å². The van der Waals surface area contributed by atoms with Gasteiger partial charge in [0.05, 0.1) is 14.2 Å².